The number of fused-ring (bicyclic) bond motifs is 1. The fourth-order valence-electron chi connectivity index (χ4n) is 2.45. The maximum atomic E-state index is 13.8. The van der Waals surface area contributed by atoms with Crippen LogP contribution in [0.1, 0.15) is 29.7 Å². The molecule has 19 heavy (non-hydrogen) atoms. The third kappa shape index (κ3) is 2.08. The van der Waals surface area contributed by atoms with E-state index in [0.717, 1.165) is 5.56 Å². The van der Waals surface area contributed by atoms with Gasteiger partial charge in [0, 0.05) is 18.0 Å². The number of nitrogens with two attached hydrogens (primary N) is 1. The van der Waals surface area contributed by atoms with E-state index >= 15 is 0 Å². The molecule has 0 saturated heterocycles. The Morgan fingerprint density at radius 1 is 1.00 bits per heavy atom. The summed E-state index contributed by atoms with van der Waals surface area (Å²) in [6.07, 6.45) is -0.333. The van der Waals surface area contributed by atoms with Crippen LogP contribution in [0.2, 0.25) is 0 Å². The van der Waals surface area contributed by atoms with Gasteiger partial charge in [0.1, 0.15) is 23.5 Å². The number of hydrogen-bond donors (Lipinski definition) is 1. The maximum Gasteiger partial charge on any atom is 0.133 e. The van der Waals surface area contributed by atoms with Crippen molar-refractivity contribution in [1.29, 1.82) is 0 Å². The van der Waals surface area contributed by atoms with Gasteiger partial charge in [0.2, 0.25) is 0 Å². The van der Waals surface area contributed by atoms with Gasteiger partial charge in [-0.3, -0.25) is 0 Å². The quantitative estimate of drug-likeness (QED) is 0.852. The van der Waals surface area contributed by atoms with Crippen LogP contribution in [0.15, 0.2) is 42.5 Å². The zero-order chi connectivity index (χ0) is 13.4. The minimum atomic E-state index is -0.689. The van der Waals surface area contributed by atoms with E-state index in [1.165, 1.54) is 18.2 Å². The van der Waals surface area contributed by atoms with Crippen LogP contribution in [0.4, 0.5) is 8.78 Å². The zero-order valence-electron chi connectivity index (χ0n) is 10.1. The molecule has 2 unspecified atom stereocenters. The van der Waals surface area contributed by atoms with Crippen molar-refractivity contribution >= 4 is 0 Å². The molecule has 0 radical (unpaired) electrons. The Hall–Kier alpha value is -1.94. The van der Waals surface area contributed by atoms with Gasteiger partial charge in [-0.1, -0.05) is 24.3 Å². The molecule has 0 fully saturated rings. The first-order valence-electron chi connectivity index (χ1n) is 6.12. The lowest BCUT2D eigenvalue weighted by Gasteiger charge is -2.30. The SMILES string of the molecule is NC1CC(c2c(F)cccc2F)Oc2ccccc21. The highest BCUT2D eigenvalue weighted by molar-refractivity contribution is 5.39. The second-order valence-electron chi connectivity index (χ2n) is 4.62. The normalized spacial score (nSPS) is 21.6. The van der Waals surface area contributed by atoms with E-state index in [1.807, 2.05) is 18.2 Å². The minimum absolute atomic E-state index is 0.0487. The summed E-state index contributed by atoms with van der Waals surface area (Å²) in [7, 11) is 0. The van der Waals surface area contributed by atoms with E-state index in [4.69, 9.17) is 10.5 Å². The van der Waals surface area contributed by atoms with Crippen LogP contribution < -0.4 is 10.5 Å². The maximum absolute atomic E-state index is 13.8. The number of para-hydroxylation sites is 1. The second-order valence-corrected chi connectivity index (χ2v) is 4.62. The standard InChI is InChI=1S/C15H13F2NO/c16-10-5-3-6-11(17)15(10)14-8-12(18)9-4-1-2-7-13(9)19-14/h1-7,12,14H,8,18H2. The number of benzene rings is 2. The molecule has 4 heteroatoms. The monoisotopic (exact) mass is 261 g/mol. The second kappa shape index (κ2) is 4.63. The molecule has 98 valence electrons. The van der Waals surface area contributed by atoms with Gasteiger partial charge in [-0.05, 0) is 18.2 Å². The van der Waals surface area contributed by atoms with Gasteiger partial charge < -0.3 is 10.5 Å². The van der Waals surface area contributed by atoms with E-state index in [-0.39, 0.29) is 11.6 Å². The lowest BCUT2D eigenvalue weighted by molar-refractivity contribution is 0.153. The highest BCUT2D eigenvalue weighted by atomic mass is 19.1. The van der Waals surface area contributed by atoms with E-state index < -0.39 is 17.7 Å². The summed E-state index contributed by atoms with van der Waals surface area (Å²) in [6.45, 7) is 0. The largest absolute Gasteiger partial charge is 0.485 e. The van der Waals surface area contributed by atoms with Crippen LogP contribution in [-0.2, 0) is 0 Å². The molecule has 2 atom stereocenters. The third-order valence-electron chi connectivity index (χ3n) is 3.38. The van der Waals surface area contributed by atoms with Crippen LogP contribution >= 0.6 is 0 Å². The molecular weight excluding hydrogens is 248 g/mol. The van der Waals surface area contributed by atoms with Crippen LogP contribution in [0.5, 0.6) is 5.75 Å². The van der Waals surface area contributed by atoms with Gasteiger partial charge in [-0.15, -0.1) is 0 Å². The Morgan fingerprint density at radius 3 is 2.42 bits per heavy atom. The number of ether oxygens (including phenoxy) is 1. The lowest BCUT2D eigenvalue weighted by Crippen LogP contribution is -2.25. The molecule has 0 spiro atoms. The predicted octanol–water partition coefficient (Wildman–Crippen LogP) is 3.49. The first kappa shape index (κ1) is 12.1. The molecule has 0 aromatic heterocycles. The Balaban J connectivity index is 2.02. The van der Waals surface area contributed by atoms with Gasteiger partial charge in [0.05, 0.1) is 5.56 Å². The van der Waals surface area contributed by atoms with Crippen molar-refractivity contribution in [3.63, 3.8) is 0 Å². The van der Waals surface area contributed by atoms with E-state index in [9.17, 15) is 8.78 Å². The summed E-state index contributed by atoms with van der Waals surface area (Å²) in [5.41, 5.74) is 6.87. The Bertz CT molecular complexity index is 595. The zero-order valence-corrected chi connectivity index (χ0v) is 10.1. The number of hydrogen-bond acceptors (Lipinski definition) is 2. The molecule has 0 saturated carbocycles. The molecule has 1 aliphatic heterocycles. The molecule has 0 aliphatic carbocycles. The van der Waals surface area contributed by atoms with Crippen molar-refractivity contribution < 1.29 is 13.5 Å². The van der Waals surface area contributed by atoms with Crippen LogP contribution in [0.25, 0.3) is 0 Å². The van der Waals surface area contributed by atoms with E-state index in [2.05, 4.69) is 0 Å². The number of rotatable bonds is 1. The van der Waals surface area contributed by atoms with Crippen LogP contribution in [0, 0.1) is 11.6 Å². The third-order valence-corrected chi connectivity index (χ3v) is 3.38. The lowest BCUT2D eigenvalue weighted by atomic mass is 9.93. The Morgan fingerprint density at radius 2 is 1.68 bits per heavy atom. The highest BCUT2D eigenvalue weighted by Gasteiger charge is 2.30. The van der Waals surface area contributed by atoms with Gasteiger partial charge >= 0.3 is 0 Å². The Kier molecular flexibility index (Phi) is 2.95. The molecule has 2 N–H and O–H groups in total. The molecule has 0 bridgehead atoms. The molecular formula is C15H13F2NO. The molecule has 1 heterocycles. The summed E-state index contributed by atoms with van der Waals surface area (Å²) in [4.78, 5) is 0. The molecule has 0 amide bonds. The van der Waals surface area contributed by atoms with Crippen LogP contribution in [-0.4, -0.2) is 0 Å². The summed E-state index contributed by atoms with van der Waals surface area (Å²) in [5, 5.41) is 0. The average molecular weight is 261 g/mol. The summed E-state index contributed by atoms with van der Waals surface area (Å²) in [5.74, 6) is -0.609. The smallest absolute Gasteiger partial charge is 0.133 e. The number of halogens is 2. The molecule has 3 rings (SSSR count). The molecule has 2 aromatic rings. The fraction of sp³-hybridized carbons (Fsp3) is 0.200. The first-order chi connectivity index (χ1) is 9.16. The fourth-order valence-corrected chi connectivity index (χ4v) is 2.45. The van der Waals surface area contributed by atoms with Crippen molar-refractivity contribution in [3.05, 3.63) is 65.2 Å². The highest BCUT2D eigenvalue weighted by Crippen LogP contribution is 2.40. The van der Waals surface area contributed by atoms with Crippen LogP contribution in [0.3, 0.4) is 0 Å². The van der Waals surface area contributed by atoms with Crippen molar-refractivity contribution in [2.24, 2.45) is 5.73 Å². The predicted molar refractivity (Wildman–Crippen MR) is 67.7 cm³/mol. The van der Waals surface area contributed by atoms with Gasteiger partial charge in [-0.25, -0.2) is 8.78 Å². The molecule has 2 nitrogen and oxygen atoms in total. The van der Waals surface area contributed by atoms with E-state index in [1.54, 1.807) is 6.07 Å². The van der Waals surface area contributed by atoms with Gasteiger partial charge in [0.15, 0.2) is 0 Å². The molecule has 1 aliphatic rings. The summed E-state index contributed by atoms with van der Waals surface area (Å²) >= 11 is 0. The van der Waals surface area contributed by atoms with Gasteiger partial charge in [0.25, 0.3) is 0 Å². The Labute approximate surface area is 109 Å². The van der Waals surface area contributed by atoms with Crippen molar-refractivity contribution in [2.45, 2.75) is 18.6 Å². The first-order valence-corrected chi connectivity index (χ1v) is 6.12. The van der Waals surface area contributed by atoms with Crippen molar-refractivity contribution in [3.8, 4) is 5.75 Å². The van der Waals surface area contributed by atoms with E-state index in [0.29, 0.717) is 12.2 Å². The summed E-state index contributed by atoms with van der Waals surface area (Å²) < 4.78 is 33.2. The minimum Gasteiger partial charge on any atom is -0.485 e. The molecule has 2 aromatic carbocycles. The van der Waals surface area contributed by atoms with Crippen molar-refractivity contribution in [1.82, 2.24) is 0 Å². The van der Waals surface area contributed by atoms with Crippen molar-refractivity contribution in [2.75, 3.05) is 0 Å². The average Bonchev–Trinajstić information content (AvgIpc) is 2.38. The summed E-state index contributed by atoms with van der Waals surface area (Å²) in [6, 6.07) is 10.8. The topological polar surface area (TPSA) is 35.2 Å². The van der Waals surface area contributed by atoms with Gasteiger partial charge in [-0.2, -0.15) is 0 Å².